The van der Waals surface area contributed by atoms with E-state index < -0.39 is 17.0 Å². The van der Waals surface area contributed by atoms with Crippen molar-refractivity contribution in [3.8, 4) is 0 Å². The van der Waals surface area contributed by atoms with E-state index in [0.29, 0.717) is 12.0 Å². The van der Waals surface area contributed by atoms with Gasteiger partial charge in [0.2, 0.25) is 0 Å². The molecule has 0 aliphatic carbocycles. The lowest BCUT2D eigenvalue weighted by atomic mass is 9.98. The number of nitrogens with one attached hydrogen (secondary N) is 1. The van der Waals surface area contributed by atoms with Crippen molar-refractivity contribution >= 4 is 0 Å². The molecule has 1 saturated heterocycles. The van der Waals surface area contributed by atoms with Crippen molar-refractivity contribution in [3.63, 3.8) is 0 Å². The van der Waals surface area contributed by atoms with E-state index >= 15 is 0 Å². The molecule has 1 aromatic carbocycles. The van der Waals surface area contributed by atoms with Gasteiger partial charge in [-0.3, -0.25) is 19.2 Å². The molecule has 1 aliphatic rings. The average molecular weight is 317 g/mol. The van der Waals surface area contributed by atoms with Gasteiger partial charge in [0, 0.05) is 25.2 Å². The highest BCUT2D eigenvalue weighted by Crippen LogP contribution is 2.41. The van der Waals surface area contributed by atoms with E-state index in [1.807, 2.05) is 30.3 Å². The van der Waals surface area contributed by atoms with E-state index in [1.165, 1.54) is 10.8 Å². The van der Waals surface area contributed by atoms with Crippen LogP contribution >= 0.6 is 0 Å². The highest BCUT2D eigenvalue weighted by Gasteiger charge is 2.47. The number of aliphatic hydroxyl groups is 1. The fraction of sp³-hybridized carbons (Fsp3) is 0.375. The monoisotopic (exact) mass is 317 g/mol. The van der Waals surface area contributed by atoms with Crippen LogP contribution < -0.4 is 11.2 Å². The number of rotatable bonds is 3. The van der Waals surface area contributed by atoms with Crippen LogP contribution in [0.3, 0.4) is 0 Å². The summed E-state index contributed by atoms with van der Waals surface area (Å²) >= 11 is 0. The number of aryl methyl sites for hydroxylation is 1. The molecule has 0 bridgehead atoms. The first-order chi connectivity index (χ1) is 11.0. The minimum atomic E-state index is -1.23. The summed E-state index contributed by atoms with van der Waals surface area (Å²) in [4.78, 5) is 31.9. The van der Waals surface area contributed by atoms with Gasteiger partial charge in [-0.25, -0.2) is 4.79 Å². The van der Waals surface area contributed by atoms with Crippen molar-refractivity contribution in [2.75, 3.05) is 13.7 Å². The Hall–Kier alpha value is -2.22. The highest BCUT2D eigenvalue weighted by molar-refractivity contribution is 5.20. The number of nitrogens with zero attached hydrogens (tertiary/aromatic N) is 2. The lowest BCUT2D eigenvalue weighted by Crippen LogP contribution is -2.47. The third-order valence-corrected chi connectivity index (χ3v) is 4.26. The van der Waals surface area contributed by atoms with Crippen LogP contribution in [0.5, 0.6) is 0 Å². The second-order valence-electron chi connectivity index (χ2n) is 5.81. The SMILES string of the molecule is Cc1cn([C@]2(CO)C[C@H](c3ccccc3)N(C)O2)c(=O)[nH]c1=O. The van der Waals surface area contributed by atoms with Crippen molar-refractivity contribution < 1.29 is 9.94 Å². The summed E-state index contributed by atoms with van der Waals surface area (Å²) in [6.07, 6.45) is 1.81. The van der Waals surface area contributed by atoms with Crippen LogP contribution in [0, 0.1) is 6.92 Å². The predicted molar refractivity (Wildman–Crippen MR) is 83.8 cm³/mol. The van der Waals surface area contributed by atoms with Gasteiger partial charge in [0.15, 0.2) is 5.72 Å². The van der Waals surface area contributed by atoms with Gasteiger partial charge in [-0.15, -0.1) is 0 Å². The molecule has 1 fully saturated rings. The molecule has 0 unspecified atom stereocenters. The molecule has 2 N–H and O–H groups in total. The van der Waals surface area contributed by atoms with E-state index in [0.717, 1.165) is 5.56 Å². The maximum Gasteiger partial charge on any atom is 0.330 e. The van der Waals surface area contributed by atoms with E-state index in [-0.39, 0.29) is 12.6 Å². The molecule has 1 aromatic heterocycles. The van der Waals surface area contributed by atoms with E-state index in [2.05, 4.69) is 4.98 Å². The Balaban J connectivity index is 2.05. The number of benzene rings is 1. The summed E-state index contributed by atoms with van der Waals surface area (Å²) in [5.74, 6) is 0. The predicted octanol–water partition coefficient (Wildman–Crippen LogP) is 0.499. The van der Waals surface area contributed by atoms with E-state index in [4.69, 9.17) is 4.84 Å². The summed E-state index contributed by atoms with van der Waals surface area (Å²) in [6.45, 7) is 1.22. The molecule has 122 valence electrons. The summed E-state index contributed by atoms with van der Waals surface area (Å²) in [5, 5.41) is 11.6. The number of hydroxylamine groups is 2. The topological polar surface area (TPSA) is 87.6 Å². The maximum atomic E-state index is 12.2. The van der Waals surface area contributed by atoms with Crippen molar-refractivity contribution in [2.24, 2.45) is 0 Å². The summed E-state index contributed by atoms with van der Waals surface area (Å²) in [5.41, 5.74) is -0.866. The van der Waals surface area contributed by atoms with Crippen molar-refractivity contribution in [2.45, 2.75) is 25.1 Å². The van der Waals surface area contributed by atoms with Crippen LogP contribution in [0.2, 0.25) is 0 Å². The van der Waals surface area contributed by atoms with Crippen LogP contribution in [-0.2, 0) is 10.6 Å². The molecule has 2 heterocycles. The second kappa shape index (κ2) is 5.77. The van der Waals surface area contributed by atoms with Crippen LogP contribution in [0.1, 0.15) is 23.6 Å². The Bertz CT molecular complexity index is 814. The molecule has 1 aliphatic heterocycles. The average Bonchev–Trinajstić information content (AvgIpc) is 2.90. The fourth-order valence-corrected chi connectivity index (χ4v) is 2.98. The van der Waals surface area contributed by atoms with Gasteiger partial charge >= 0.3 is 5.69 Å². The molecule has 0 amide bonds. The molecule has 2 atom stereocenters. The number of hydrogen-bond acceptors (Lipinski definition) is 5. The number of aromatic nitrogens is 2. The summed E-state index contributed by atoms with van der Waals surface area (Å²) in [6, 6.07) is 9.62. The quantitative estimate of drug-likeness (QED) is 0.861. The molecule has 2 aromatic rings. The summed E-state index contributed by atoms with van der Waals surface area (Å²) in [7, 11) is 1.76. The smallest absolute Gasteiger partial charge is 0.330 e. The first-order valence-corrected chi connectivity index (χ1v) is 7.38. The summed E-state index contributed by atoms with van der Waals surface area (Å²) < 4.78 is 1.27. The van der Waals surface area contributed by atoms with Gasteiger partial charge in [-0.05, 0) is 12.5 Å². The molecule has 23 heavy (non-hydrogen) atoms. The van der Waals surface area contributed by atoms with E-state index in [9.17, 15) is 14.7 Å². The van der Waals surface area contributed by atoms with Gasteiger partial charge in [-0.2, -0.15) is 5.06 Å². The van der Waals surface area contributed by atoms with Crippen LogP contribution in [0.25, 0.3) is 0 Å². The Labute approximate surface area is 132 Å². The van der Waals surface area contributed by atoms with Gasteiger partial charge in [0.1, 0.15) is 0 Å². The minimum Gasteiger partial charge on any atom is -0.391 e. The zero-order valence-corrected chi connectivity index (χ0v) is 13.0. The van der Waals surface area contributed by atoms with Crippen molar-refractivity contribution in [1.29, 1.82) is 0 Å². The lowest BCUT2D eigenvalue weighted by Gasteiger charge is -2.28. The standard InChI is InChI=1S/C16H19N3O4/c1-11-9-19(15(22)17-14(11)21)16(10-20)8-13(18(2)23-16)12-6-4-3-5-7-12/h3-7,9,13,20H,8,10H2,1-2H3,(H,17,21,22)/t13-,16-/m1/s1. The van der Waals surface area contributed by atoms with Gasteiger partial charge in [0.25, 0.3) is 5.56 Å². The van der Waals surface area contributed by atoms with Crippen LogP contribution in [0.15, 0.2) is 46.1 Å². The second-order valence-corrected chi connectivity index (χ2v) is 5.81. The molecule has 0 spiro atoms. The zero-order valence-electron chi connectivity index (χ0n) is 13.0. The zero-order chi connectivity index (χ0) is 16.6. The number of aliphatic hydroxyl groups excluding tert-OH is 1. The minimum absolute atomic E-state index is 0.109. The van der Waals surface area contributed by atoms with Crippen LogP contribution in [-0.4, -0.2) is 33.4 Å². The molecule has 0 saturated carbocycles. The lowest BCUT2D eigenvalue weighted by molar-refractivity contribution is -0.239. The molecular formula is C16H19N3O4. The Morgan fingerprint density at radius 3 is 2.70 bits per heavy atom. The Kier molecular flexibility index (Phi) is 3.93. The van der Waals surface area contributed by atoms with Gasteiger partial charge in [-0.1, -0.05) is 30.3 Å². The maximum absolute atomic E-state index is 12.2. The van der Waals surface area contributed by atoms with Crippen LogP contribution in [0.4, 0.5) is 0 Å². The third-order valence-electron chi connectivity index (χ3n) is 4.26. The molecule has 3 rings (SSSR count). The van der Waals surface area contributed by atoms with Crippen molar-refractivity contribution in [3.05, 3.63) is 68.5 Å². The molecular weight excluding hydrogens is 298 g/mol. The van der Waals surface area contributed by atoms with Crippen molar-refractivity contribution in [1.82, 2.24) is 14.6 Å². The first-order valence-electron chi connectivity index (χ1n) is 7.38. The largest absolute Gasteiger partial charge is 0.391 e. The van der Waals surface area contributed by atoms with Gasteiger partial charge < -0.3 is 5.11 Å². The number of H-pyrrole nitrogens is 1. The fourth-order valence-electron chi connectivity index (χ4n) is 2.98. The number of hydrogen-bond donors (Lipinski definition) is 2. The normalized spacial score (nSPS) is 24.9. The Morgan fingerprint density at radius 2 is 2.04 bits per heavy atom. The first kappa shape index (κ1) is 15.7. The Morgan fingerprint density at radius 1 is 1.35 bits per heavy atom. The van der Waals surface area contributed by atoms with E-state index in [1.54, 1.807) is 19.0 Å². The molecule has 7 nitrogen and oxygen atoms in total. The third kappa shape index (κ3) is 2.63. The number of aromatic amines is 1. The highest BCUT2D eigenvalue weighted by atomic mass is 16.7. The van der Waals surface area contributed by atoms with Gasteiger partial charge in [0.05, 0.1) is 12.6 Å². The molecule has 0 radical (unpaired) electrons. The molecule has 7 heteroatoms.